The standard InChI is InChI=1S/C19H26O5S/c1-4-5-6-15-13-16(20)7-8-17(15)24-18(21)9-11-25-12-10-23-19(22)14(2)3/h7-8,13,20H,2,4-6,9-12H2,1,3H3. The molecular formula is C19H26O5S. The van der Waals surface area contributed by atoms with Crippen LogP contribution >= 0.6 is 11.8 Å². The lowest BCUT2D eigenvalue weighted by Gasteiger charge is -2.10. The van der Waals surface area contributed by atoms with Crippen LogP contribution in [0.1, 0.15) is 38.7 Å². The summed E-state index contributed by atoms with van der Waals surface area (Å²) in [7, 11) is 0. The molecule has 0 aliphatic rings. The van der Waals surface area contributed by atoms with E-state index in [-0.39, 0.29) is 18.1 Å². The molecule has 5 nitrogen and oxygen atoms in total. The normalized spacial score (nSPS) is 10.3. The lowest BCUT2D eigenvalue weighted by atomic mass is 10.1. The van der Waals surface area contributed by atoms with Crippen LogP contribution in [0.5, 0.6) is 11.5 Å². The number of rotatable bonds is 11. The number of hydrogen-bond acceptors (Lipinski definition) is 6. The Labute approximate surface area is 153 Å². The zero-order chi connectivity index (χ0) is 18.7. The fraction of sp³-hybridized carbons (Fsp3) is 0.474. The van der Waals surface area contributed by atoms with E-state index >= 15 is 0 Å². The molecule has 0 aromatic heterocycles. The van der Waals surface area contributed by atoms with Crippen molar-refractivity contribution in [2.24, 2.45) is 0 Å². The van der Waals surface area contributed by atoms with Gasteiger partial charge in [-0.3, -0.25) is 4.79 Å². The Morgan fingerprint density at radius 3 is 2.72 bits per heavy atom. The summed E-state index contributed by atoms with van der Waals surface area (Å²) < 4.78 is 10.4. The highest BCUT2D eigenvalue weighted by Gasteiger charge is 2.10. The van der Waals surface area contributed by atoms with Gasteiger partial charge in [0, 0.05) is 17.1 Å². The molecule has 0 saturated carbocycles. The predicted octanol–water partition coefficient (Wildman–Crippen LogP) is 3.88. The van der Waals surface area contributed by atoms with E-state index in [0.717, 1.165) is 24.8 Å². The van der Waals surface area contributed by atoms with Crippen molar-refractivity contribution in [3.05, 3.63) is 35.9 Å². The largest absolute Gasteiger partial charge is 0.508 e. The van der Waals surface area contributed by atoms with Gasteiger partial charge < -0.3 is 14.6 Å². The minimum absolute atomic E-state index is 0.172. The van der Waals surface area contributed by atoms with Gasteiger partial charge in [0.15, 0.2) is 0 Å². The highest BCUT2D eigenvalue weighted by molar-refractivity contribution is 7.99. The van der Waals surface area contributed by atoms with Crippen LogP contribution in [0.2, 0.25) is 0 Å². The van der Waals surface area contributed by atoms with Crippen molar-refractivity contribution < 1.29 is 24.2 Å². The summed E-state index contributed by atoms with van der Waals surface area (Å²) in [4.78, 5) is 23.2. The van der Waals surface area contributed by atoms with Crippen molar-refractivity contribution in [2.45, 2.75) is 39.5 Å². The monoisotopic (exact) mass is 366 g/mol. The Morgan fingerprint density at radius 2 is 2.04 bits per heavy atom. The lowest BCUT2D eigenvalue weighted by molar-refractivity contribution is -0.138. The van der Waals surface area contributed by atoms with Crippen molar-refractivity contribution in [3.8, 4) is 11.5 Å². The molecule has 0 aliphatic heterocycles. The molecule has 25 heavy (non-hydrogen) atoms. The van der Waals surface area contributed by atoms with Crippen molar-refractivity contribution in [3.63, 3.8) is 0 Å². The minimum Gasteiger partial charge on any atom is -0.508 e. The zero-order valence-corrected chi connectivity index (χ0v) is 15.7. The van der Waals surface area contributed by atoms with Crippen LogP contribution in [0.3, 0.4) is 0 Å². The van der Waals surface area contributed by atoms with Gasteiger partial charge in [0.05, 0.1) is 6.42 Å². The number of carbonyl (C=O) groups is 2. The van der Waals surface area contributed by atoms with Gasteiger partial charge in [0.25, 0.3) is 0 Å². The van der Waals surface area contributed by atoms with Gasteiger partial charge >= 0.3 is 11.9 Å². The number of aryl methyl sites for hydroxylation is 1. The Morgan fingerprint density at radius 1 is 1.28 bits per heavy atom. The van der Waals surface area contributed by atoms with Gasteiger partial charge in [-0.25, -0.2) is 4.79 Å². The third-order valence-electron chi connectivity index (χ3n) is 3.33. The van der Waals surface area contributed by atoms with Crippen molar-refractivity contribution >= 4 is 23.7 Å². The van der Waals surface area contributed by atoms with Gasteiger partial charge in [-0.2, -0.15) is 11.8 Å². The van der Waals surface area contributed by atoms with Crippen LogP contribution in [-0.4, -0.2) is 35.2 Å². The molecule has 0 radical (unpaired) electrons. The molecule has 1 rings (SSSR count). The maximum Gasteiger partial charge on any atom is 0.333 e. The van der Waals surface area contributed by atoms with Gasteiger partial charge in [0.2, 0.25) is 0 Å². The summed E-state index contributed by atoms with van der Waals surface area (Å²) in [5.41, 5.74) is 1.22. The lowest BCUT2D eigenvalue weighted by Crippen LogP contribution is -2.11. The summed E-state index contributed by atoms with van der Waals surface area (Å²) in [6.45, 7) is 7.49. The highest BCUT2D eigenvalue weighted by Crippen LogP contribution is 2.25. The van der Waals surface area contributed by atoms with Gasteiger partial charge in [-0.15, -0.1) is 0 Å². The van der Waals surface area contributed by atoms with Gasteiger partial charge in [-0.1, -0.05) is 19.9 Å². The number of thioether (sulfide) groups is 1. The molecule has 1 N–H and O–H groups in total. The maximum absolute atomic E-state index is 12.0. The maximum atomic E-state index is 12.0. The quantitative estimate of drug-likeness (QED) is 0.277. The summed E-state index contributed by atoms with van der Waals surface area (Å²) in [6, 6.07) is 4.79. The van der Waals surface area contributed by atoms with Crippen LogP contribution in [0.15, 0.2) is 30.4 Å². The van der Waals surface area contributed by atoms with E-state index in [1.54, 1.807) is 19.1 Å². The fourth-order valence-corrected chi connectivity index (χ4v) is 2.69. The van der Waals surface area contributed by atoms with E-state index < -0.39 is 5.97 Å². The van der Waals surface area contributed by atoms with E-state index in [9.17, 15) is 14.7 Å². The van der Waals surface area contributed by atoms with E-state index in [0.29, 0.717) is 29.4 Å². The van der Waals surface area contributed by atoms with Gasteiger partial charge in [0.1, 0.15) is 18.1 Å². The first kappa shape index (κ1) is 21.1. The topological polar surface area (TPSA) is 72.8 Å². The first-order chi connectivity index (χ1) is 11.9. The molecule has 6 heteroatoms. The first-order valence-corrected chi connectivity index (χ1v) is 9.52. The summed E-state index contributed by atoms with van der Waals surface area (Å²) in [5.74, 6) is 1.18. The minimum atomic E-state index is -0.396. The molecule has 0 unspecified atom stereocenters. The van der Waals surface area contributed by atoms with E-state index in [4.69, 9.17) is 9.47 Å². The molecule has 138 valence electrons. The van der Waals surface area contributed by atoms with Gasteiger partial charge in [-0.05, 0) is 43.5 Å². The smallest absolute Gasteiger partial charge is 0.333 e. The number of phenolic OH excluding ortho intramolecular Hbond substituents is 1. The third kappa shape index (κ3) is 8.63. The molecule has 1 aromatic carbocycles. The molecule has 0 saturated heterocycles. The molecule has 0 heterocycles. The summed E-state index contributed by atoms with van der Waals surface area (Å²) in [6.07, 6.45) is 3.02. The number of phenols is 1. The number of esters is 2. The second kappa shape index (κ2) is 11.6. The Bertz CT molecular complexity index is 597. The zero-order valence-electron chi connectivity index (χ0n) is 14.9. The SMILES string of the molecule is C=C(C)C(=O)OCCSCCC(=O)Oc1ccc(O)cc1CCCC. The molecule has 0 bridgehead atoms. The van der Waals surface area contributed by atoms with Crippen LogP contribution in [0.4, 0.5) is 0 Å². The highest BCUT2D eigenvalue weighted by atomic mass is 32.2. The Kier molecular flexibility index (Phi) is 9.77. The van der Waals surface area contributed by atoms with Crippen molar-refractivity contribution in [1.82, 2.24) is 0 Å². The predicted molar refractivity (Wildman–Crippen MR) is 100 cm³/mol. The van der Waals surface area contributed by atoms with E-state index in [1.807, 2.05) is 0 Å². The van der Waals surface area contributed by atoms with Crippen LogP contribution in [0, 0.1) is 0 Å². The second-order valence-electron chi connectivity index (χ2n) is 5.65. The van der Waals surface area contributed by atoms with Crippen LogP contribution in [-0.2, 0) is 20.7 Å². The molecular weight excluding hydrogens is 340 g/mol. The number of ether oxygens (including phenoxy) is 2. The van der Waals surface area contributed by atoms with E-state index in [2.05, 4.69) is 13.5 Å². The molecule has 0 aliphatic carbocycles. The molecule has 0 fully saturated rings. The number of unbranched alkanes of at least 4 members (excludes halogenated alkanes) is 1. The number of carbonyl (C=O) groups excluding carboxylic acids is 2. The number of benzene rings is 1. The number of aromatic hydroxyl groups is 1. The Balaban J connectivity index is 2.32. The number of hydrogen-bond donors (Lipinski definition) is 1. The fourth-order valence-electron chi connectivity index (χ4n) is 1.98. The average Bonchev–Trinajstić information content (AvgIpc) is 2.57. The first-order valence-electron chi connectivity index (χ1n) is 8.37. The second-order valence-corrected chi connectivity index (χ2v) is 6.87. The van der Waals surface area contributed by atoms with Crippen molar-refractivity contribution in [1.29, 1.82) is 0 Å². The Hall–Kier alpha value is -1.95. The molecule has 0 atom stereocenters. The molecule has 0 spiro atoms. The van der Waals surface area contributed by atoms with Crippen LogP contribution < -0.4 is 4.74 Å². The van der Waals surface area contributed by atoms with Crippen molar-refractivity contribution in [2.75, 3.05) is 18.1 Å². The molecule has 1 aromatic rings. The summed E-state index contributed by atoms with van der Waals surface area (Å²) in [5, 5.41) is 9.58. The third-order valence-corrected chi connectivity index (χ3v) is 4.28. The molecule has 0 amide bonds. The van der Waals surface area contributed by atoms with Crippen LogP contribution in [0.25, 0.3) is 0 Å². The van der Waals surface area contributed by atoms with E-state index in [1.165, 1.54) is 17.8 Å². The summed E-state index contributed by atoms with van der Waals surface area (Å²) >= 11 is 1.52. The average molecular weight is 366 g/mol.